The molecule has 1 heterocycles. The summed E-state index contributed by atoms with van der Waals surface area (Å²) >= 11 is 0. The lowest BCUT2D eigenvalue weighted by Crippen LogP contribution is -2.21. The molecule has 1 N–H and O–H groups in total. The van der Waals surface area contributed by atoms with Crippen molar-refractivity contribution in [1.29, 1.82) is 0 Å². The zero-order chi connectivity index (χ0) is 12.3. The third-order valence-corrected chi connectivity index (χ3v) is 3.55. The van der Waals surface area contributed by atoms with E-state index in [-0.39, 0.29) is 5.82 Å². The van der Waals surface area contributed by atoms with Crippen LogP contribution in [0.15, 0.2) is 18.2 Å². The number of hydrogen-bond acceptors (Lipinski definition) is 2. The number of hydrogen-bond donors (Lipinski definition) is 1. The van der Waals surface area contributed by atoms with Crippen LogP contribution in [0.3, 0.4) is 0 Å². The highest BCUT2D eigenvalue weighted by molar-refractivity contribution is 5.29. The topological polar surface area (TPSA) is 21.3 Å². The molecule has 0 bridgehead atoms. The molecule has 0 aromatic heterocycles. The Labute approximate surface area is 102 Å². The Morgan fingerprint density at radius 3 is 2.94 bits per heavy atom. The van der Waals surface area contributed by atoms with Crippen molar-refractivity contribution in [3.8, 4) is 0 Å². The first-order valence-corrected chi connectivity index (χ1v) is 6.21. The summed E-state index contributed by atoms with van der Waals surface area (Å²) in [7, 11) is 1.96. The van der Waals surface area contributed by atoms with E-state index in [1.165, 1.54) is 11.6 Å². The largest absolute Gasteiger partial charge is 0.381 e. The first-order valence-electron chi connectivity index (χ1n) is 6.21. The van der Waals surface area contributed by atoms with Crippen molar-refractivity contribution in [1.82, 2.24) is 5.32 Å². The third-order valence-electron chi connectivity index (χ3n) is 3.55. The maximum Gasteiger partial charge on any atom is 0.123 e. The van der Waals surface area contributed by atoms with Crippen LogP contribution in [0.2, 0.25) is 0 Å². The predicted molar refractivity (Wildman–Crippen MR) is 66.5 cm³/mol. The number of aryl methyl sites for hydroxylation is 1. The fourth-order valence-corrected chi connectivity index (χ4v) is 2.53. The lowest BCUT2D eigenvalue weighted by Gasteiger charge is -2.21. The maximum atomic E-state index is 13.1. The third kappa shape index (κ3) is 3.05. The molecule has 1 aromatic carbocycles. The minimum Gasteiger partial charge on any atom is -0.381 e. The molecule has 2 nitrogen and oxygen atoms in total. The Morgan fingerprint density at radius 1 is 1.53 bits per heavy atom. The van der Waals surface area contributed by atoms with Gasteiger partial charge >= 0.3 is 0 Å². The van der Waals surface area contributed by atoms with Gasteiger partial charge in [0.05, 0.1) is 0 Å². The standard InChI is InChI=1S/C14H20FNO/c1-10-7-12(15)3-4-13(10)14(16-2)8-11-5-6-17-9-11/h3-4,7,11,14,16H,5-6,8-9H2,1-2H3. The number of ether oxygens (including phenoxy) is 1. The van der Waals surface area contributed by atoms with E-state index < -0.39 is 0 Å². The molecule has 1 aromatic rings. The summed E-state index contributed by atoms with van der Waals surface area (Å²) in [5.74, 6) is 0.460. The molecule has 1 aliphatic heterocycles. The summed E-state index contributed by atoms with van der Waals surface area (Å²) in [6.45, 7) is 3.70. The fraction of sp³-hybridized carbons (Fsp3) is 0.571. The summed E-state index contributed by atoms with van der Waals surface area (Å²) in [5.41, 5.74) is 2.21. The molecule has 17 heavy (non-hydrogen) atoms. The molecule has 2 rings (SSSR count). The van der Waals surface area contributed by atoms with Crippen LogP contribution in [-0.4, -0.2) is 20.3 Å². The Bertz CT molecular complexity index is 374. The summed E-state index contributed by atoms with van der Waals surface area (Å²) < 4.78 is 18.5. The van der Waals surface area contributed by atoms with Crippen molar-refractivity contribution >= 4 is 0 Å². The highest BCUT2D eigenvalue weighted by Gasteiger charge is 2.21. The van der Waals surface area contributed by atoms with Gasteiger partial charge in [0.1, 0.15) is 5.82 Å². The zero-order valence-electron chi connectivity index (χ0n) is 10.5. The van der Waals surface area contributed by atoms with Crippen LogP contribution < -0.4 is 5.32 Å². The van der Waals surface area contributed by atoms with E-state index in [4.69, 9.17) is 4.74 Å². The van der Waals surface area contributed by atoms with Crippen LogP contribution in [0.4, 0.5) is 4.39 Å². The second-order valence-corrected chi connectivity index (χ2v) is 4.81. The lowest BCUT2D eigenvalue weighted by atomic mass is 9.92. The molecular weight excluding hydrogens is 217 g/mol. The van der Waals surface area contributed by atoms with Gasteiger partial charge in [-0.1, -0.05) is 6.07 Å². The van der Waals surface area contributed by atoms with E-state index in [2.05, 4.69) is 5.32 Å². The van der Waals surface area contributed by atoms with Crippen LogP contribution in [-0.2, 0) is 4.74 Å². The van der Waals surface area contributed by atoms with Crippen LogP contribution in [0, 0.1) is 18.7 Å². The maximum absolute atomic E-state index is 13.1. The predicted octanol–water partition coefficient (Wildman–Crippen LogP) is 2.82. The molecule has 0 spiro atoms. The Balaban J connectivity index is 2.10. The minimum atomic E-state index is -0.162. The zero-order valence-corrected chi connectivity index (χ0v) is 10.5. The molecule has 0 saturated carbocycles. The van der Waals surface area contributed by atoms with Gasteiger partial charge in [0, 0.05) is 19.3 Å². The van der Waals surface area contributed by atoms with Gasteiger partial charge in [-0.25, -0.2) is 4.39 Å². The lowest BCUT2D eigenvalue weighted by molar-refractivity contribution is 0.181. The van der Waals surface area contributed by atoms with Crippen LogP contribution in [0.1, 0.15) is 30.0 Å². The minimum absolute atomic E-state index is 0.162. The SMILES string of the molecule is CNC(CC1CCOC1)c1ccc(F)cc1C. The van der Waals surface area contributed by atoms with E-state index in [0.29, 0.717) is 12.0 Å². The van der Waals surface area contributed by atoms with Crippen molar-refractivity contribution in [2.75, 3.05) is 20.3 Å². The molecule has 1 aliphatic rings. The number of nitrogens with one attached hydrogen (secondary N) is 1. The average molecular weight is 237 g/mol. The first kappa shape index (κ1) is 12.5. The molecule has 94 valence electrons. The van der Waals surface area contributed by atoms with Crippen molar-refractivity contribution in [3.63, 3.8) is 0 Å². The quantitative estimate of drug-likeness (QED) is 0.869. The van der Waals surface area contributed by atoms with E-state index in [1.54, 1.807) is 6.07 Å². The second-order valence-electron chi connectivity index (χ2n) is 4.81. The van der Waals surface area contributed by atoms with Gasteiger partial charge in [-0.3, -0.25) is 0 Å². The molecule has 2 atom stereocenters. The summed E-state index contributed by atoms with van der Waals surface area (Å²) in [4.78, 5) is 0. The molecule has 0 aliphatic carbocycles. The normalized spacial score (nSPS) is 21.7. The van der Waals surface area contributed by atoms with Crippen molar-refractivity contribution in [2.24, 2.45) is 5.92 Å². The summed E-state index contributed by atoms with van der Waals surface area (Å²) in [5, 5.41) is 3.33. The van der Waals surface area contributed by atoms with Crippen LogP contribution >= 0.6 is 0 Å². The first-order chi connectivity index (χ1) is 8.20. The Morgan fingerprint density at radius 2 is 2.35 bits per heavy atom. The van der Waals surface area contributed by atoms with Crippen LogP contribution in [0.5, 0.6) is 0 Å². The summed E-state index contributed by atoms with van der Waals surface area (Å²) in [6, 6.07) is 5.33. The molecule has 0 radical (unpaired) electrons. The highest BCUT2D eigenvalue weighted by atomic mass is 19.1. The van der Waals surface area contributed by atoms with E-state index >= 15 is 0 Å². The smallest absolute Gasteiger partial charge is 0.123 e. The van der Waals surface area contributed by atoms with Gasteiger partial charge in [0.15, 0.2) is 0 Å². The van der Waals surface area contributed by atoms with E-state index in [0.717, 1.165) is 31.6 Å². The number of benzene rings is 1. The summed E-state index contributed by atoms with van der Waals surface area (Å²) in [6.07, 6.45) is 2.20. The molecule has 1 fully saturated rings. The molecule has 3 heteroatoms. The molecule has 0 amide bonds. The van der Waals surface area contributed by atoms with E-state index in [9.17, 15) is 4.39 Å². The average Bonchev–Trinajstić information content (AvgIpc) is 2.79. The number of halogens is 1. The second kappa shape index (κ2) is 5.61. The van der Waals surface area contributed by atoms with Crippen molar-refractivity contribution in [3.05, 3.63) is 35.1 Å². The van der Waals surface area contributed by atoms with Gasteiger partial charge in [-0.15, -0.1) is 0 Å². The van der Waals surface area contributed by atoms with E-state index in [1.807, 2.05) is 20.0 Å². The van der Waals surface area contributed by atoms with Gasteiger partial charge in [-0.05, 0) is 56.0 Å². The van der Waals surface area contributed by atoms with Gasteiger partial charge < -0.3 is 10.1 Å². The Kier molecular flexibility index (Phi) is 4.13. The van der Waals surface area contributed by atoms with Gasteiger partial charge in [0.25, 0.3) is 0 Å². The Hall–Kier alpha value is -0.930. The van der Waals surface area contributed by atoms with Gasteiger partial charge in [-0.2, -0.15) is 0 Å². The van der Waals surface area contributed by atoms with Crippen LogP contribution in [0.25, 0.3) is 0 Å². The highest BCUT2D eigenvalue weighted by Crippen LogP contribution is 2.28. The fourth-order valence-electron chi connectivity index (χ4n) is 2.53. The van der Waals surface area contributed by atoms with Gasteiger partial charge in [0.2, 0.25) is 0 Å². The number of rotatable bonds is 4. The molecule has 2 unspecified atom stereocenters. The molecule has 1 saturated heterocycles. The monoisotopic (exact) mass is 237 g/mol. The molecular formula is C14H20FNO. The van der Waals surface area contributed by atoms with Crippen molar-refractivity contribution < 1.29 is 9.13 Å². The van der Waals surface area contributed by atoms with Crippen molar-refractivity contribution in [2.45, 2.75) is 25.8 Å².